The van der Waals surface area contributed by atoms with Crippen molar-refractivity contribution < 1.29 is 8.42 Å². The molecule has 1 aromatic rings. The summed E-state index contributed by atoms with van der Waals surface area (Å²) in [6, 6.07) is 5.01. The number of nitrogens with two attached hydrogens (primary N) is 1. The number of nitrogen functional groups attached to an aromatic ring is 1. The second kappa shape index (κ2) is 5.50. The Morgan fingerprint density at radius 2 is 1.67 bits per heavy atom. The van der Waals surface area contributed by atoms with E-state index >= 15 is 0 Å². The molecule has 118 valence electrons. The van der Waals surface area contributed by atoms with Crippen LogP contribution in [0, 0.1) is 0 Å². The summed E-state index contributed by atoms with van der Waals surface area (Å²) in [6.45, 7) is 10.4. The molecule has 1 fully saturated rings. The minimum absolute atomic E-state index is 0.178. The summed E-state index contributed by atoms with van der Waals surface area (Å²) < 4.78 is 23.1. The number of hydrogen-bond acceptors (Lipinski definition) is 5. The van der Waals surface area contributed by atoms with Crippen LogP contribution in [0.5, 0.6) is 0 Å². The first-order valence-electron chi connectivity index (χ1n) is 7.18. The van der Waals surface area contributed by atoms with Crippen LogP contribution in [0.2, 0.25) is 0 Å². The van der Waals surface area contributed by atoms with Crippen molar-refractivity contribution in [3.05, 3.63) is 18.2 Å². The lowest BCUT2D eigenvalue weighted by Gasteiger charge is -2.43. The van der Waals surface area contributed by atoms with Crippen LogP contribution in [0.15, 0.2) is 23.1 Å². The Balaban J connectivity index is 2.15. The summed E-state index contributed by atoms with van der Waals surface area (Å²) in [4.78, 5) is 4.95. The minimum Gasteiger partial charge on any atom is -0.397 e. The number of nitrogens with zero attached hydrogens (tertiary/aromatic N) is 2. The van der Waals surface area contributed by atoms with Crippen LogP contribution in [0.1, 0.15) is 20.8 Å². The van der Waals surface area contributed by atoms with Gasteiger partial charge in [0, 0.05) is 38.0 Å². The van der Waals surface area contributed by atoms with Gasteiger partial charge < -0.3 is 10.6 Å². The number of benzene rings is 1. The van der Waals surface area contributed by atoms with Crippen molar-refractivity contribution >= 4 is 21.2 Å². The topological polar surface area (TPSA) is 66.6 Å². The molecule has 0 bridgehead atoms. The van der Waals surface area contributed by atoms with E-state index in [4.69, 9.17) is 5.73 Å². The second-order valence-corrected chi connectivity index (χ2v) is 8.65. The van der Waals surface area contributed by atoms with Gasteiger partial charge in [-0.25, -0.2) is 8.42 Å². The van der Waals surface area contributed by atoms with Gasteiger partial charge in [-0.3, -0.25) is 4.90 Å². The molecule has 2 N–H and O–H groups in total. The van der Waals surface area contributed by atoms with Gasteiger partial charge in [-0.1, -0.05) is 0 Å². The largest absolute Gasteiger partial charge is 0.397 e. The molecular weight excluding hydrogens is 286 g/mol. The molecule has 1 aromatic carbocycles. The van der Waals surface area contributed by atoms with Crippen molar-refractivity contribution in [3.63, 3.8) is 0 Å². The fourth-order valence-electron chi connectivity index (χ4n) is 2.67. The average molecular weight is 311 g/mol. The van der Waals surface area contributed by atoms with Crippen LogP contribution < -0.4 is 10.6 Å². The fourth-order valence-corrected chi connectivity index (χ4v) is 3.33. The average Bonchev–Trinajstić information content (AvgIpc) is 2.36. The molecule has 1 saturated heterocycles. The lowest BCUT2D eigenvalue weighted by atomic mass is 10.0. The SMILES string of the molecule is CC(C)(C)N1CCN(c2ccc(S(C)(=O)=O)cc2N)CC1. The van der Waals surface area contributed by atoms with Crippen molar-refractivity contribution in [2.45, 2.75) is 31.2 Å². The van der Waals surface area contributed by atoms with Crippen LogP contribution in [0.25, 0.3) is 0 Å². The maximum atomic E-state index is 11.6. The predicted molar refractivity (Wildman–Crippen MR) is 87.5 cm³/mol. The summed E-state index contributed by atoms with van der Waals surface area (Å²) in [5.74, 6) is 0. The number of hydrogen-bond donors (Lipinski definition) is 1. The van der Waals surface area contributed by atoms with Crippen LogP contribution >= 0.6 is 0 Å². The normalized spacial score (nSPS) is 18.0. The monoisotopic (exact) mass is 311 g/mol. The van der Waals surface area contributed by atoms with E-state index in [-0.39, 0.29) is 10.4 Å². The van der Waals surface area contributed by atoms with Crippen molar-refractivity contribution in [1.29, 1.82) is 0 Å². The summed E-state index contributed by atoms with van der Waals surface area (Å²) in [5, 5.41) is 0. The highest BCUT2D eigenvalue weighted by molar-refractivity contribution is 7.90. The predicted octanol–water partition coefficient (Wildman–Crippen LogP) is 1.59. The summed E-state index contributed by atoms with van der Waals surface area (Å²) in [7, 11) is -3.21. The molecule has 5 nitrogen and oxygen atoms in total. The van der Waals surface area contributed by atoms with E-state index < -0.39 is 9.84 Å². The molecule has 2 rings (SSSR count). The third-order valence-corrected chi connectivity index (χ3v) is 5.11. The van der Waals surface area contributed by atoms with E-state index in [9.17, 15) is 8.42 Å². The molecule has 0 amide bonds. The molecule has 0 aromatic heterocycles. The Morgan fingerprint density at radius 1 is 1.10 bits per heavy atom. The molecule has 0 aliphatic carbocycles. The highest BCUT2D eigenvalue weighted by atomic mass is 32.2. The van der Waals surface area contributed by atoms with E-state index in [1.54, 1.807) is 12.1 Å². The highest BCUT2D eigenvalue weighted by Gasteiger charge is 2.26. The van der Waals surface area contributed by atoms with Gasteiger partial charge in [-0.05, 0) is 39.0 Å². The zero-order valence-corrected chi connectivity index (χ0v) is 14.1. The smallest absolute Gasteiger partial charge is 0.175 e. The van der Waals surface area contributed by atoms with Crippen molar-refractivity contribution in [2.24, 2.45) is 0 Å². The van der Waals surface area contributed by atoms with Crippen molar-refractivity contribution in [2.75, 3.05) is 43.1 Å². The molecule has 1 aliphatic heterocycles. The van der Waals surface area contributed by atoms with Gasteiger partial charge in [0.15, 0.2) is 9.84 Å². The van der Waals surface area contributed by atoms with E-state index in [1.165, 1.54) is 6.26 Å². The van der Waals surface area contributed by atoms with Gasteiger partial charge in [-0.2, -0.15) is 0 Å². The van der Waals surface area contributed by atoms with Gasteiger partial charge in [0.25, 0.3) is 0 Å². The van der Waals surface area contributed by atoms with Gasteiger partial charge in [0.1, 0.15) is 0 Å². The summed E-state index contributed by atoms with van der Waals surface area (Å²) >= 11 is 0. The maximum Gasteiger partial charge on any atom is 0.175 e. The molecule has 1 heterocycles. The minimum atomic E-state index is -3.21. The van der Waals surface area contributed by atoms with Crippen LogP contribution in [-0.4, -0.2) is 51.3 Å². The number of piperazine rings is 1. The first-order valence-corrected chi connectivity index (χ1v) is 9.08. The highest BCUT2D eigenvalue weighted by Crippen LogP contribution is 2.28. The number of anilines is 2. The van der Waals surface area contributed by atoms with Crippen LogP contribution in [0.4, 0.5) is 11.4 Å². The quantitative estimate of drug-likeness (QED) is 0.840. The summed E-state index contributed by atoms with van der Waals surface area (Å²) in [5.41, 5.74) is 7.68. The number of sulfone groups is 1. The van der Waals surface area contributed by atoms with Gasteiger partial charge in [0.2, 0.25) is 0 Å². The molecule has 6 heteroatoms. The zero-order valence-electron chi connectivity index (χ0n) is 13.3. The van der Waals surface area contributed by atoms with Gasteiger partial charge in [0.05, 0.1) is 16.3 Å². The summed E-state index contributed by atoms with van der Waals surface area (Å²) in [6.07, 6.45) is 1.20. The Morgan fingerprint density at radius 3 is 2.10 bits per heavy atom. The van der Waals surface area contributed by atoms with Gasteiger partial charge >= 0.3 is 0 Å². The second-order valence-electron chi connectivity index (χ2n) is 6.64. The maximum absolute atomic E-state index is 11.6. The Bertz CT molecular complexity index is 612. The molecule has 1 aliphatic rings. The molecule has 0 unspecified atom stereocenters. The first-order chi connectivity index (χ1) is 9.59. The van der Waals surface area contributed by atoms with Crippen LogP contribution in [0.3, 0.4) is 0 Å². The Hall–Kier alpha value is -1.27. The lowest BCUT2D eigenvalue weighted by Crippen LogP contribution is -2.53. The standard InChI is InChI=1S/C15H25N3O2S/c1-15(2,3)18-9-7-17(8-10-18)14-6-5-12(11-13(14)16)21(4,19)20/h5-6,11H,7-10,16H2,1-4H3. The van der Waals surface area contributed by atoms with Crippen LogP contribution in [-0.2, 0) is 9.84 Å². The lowest BCUT2D eigenvalue weighted by molar-refractivity contribution is 0.128. The van der Waals surface area contributed by atoms with Crippen molar-refractivity contribution in [3.8, 4) is 0 Å². The first kappa shape index (κ1) is 16.1. The molecule has 21 heavy (non-hydrogen) atoms. The molecule has 0 spiro atoms. The molecule has 0 saturated carbocycles. The Labute approximate surface area is 127 Å². The van der Waals surface area contributed by atoms with E-state index in [1.807, 2.05) is 6.07 Å². The molecule has 0 atom stereocenters. The molecular formula is C15H25N3O2S. The van der Waals surface area contributed by atoms with Crippen molar-refractivity contribution in [1.82, 2.24) is 4.90 Å². The fraction of sp³-hybridized carbons (Fsp3) is 0.600. The third-order valence-electron chi connectivity index (χ3n) is 4.00. The molecule has 0 radical (unpaired) electrons. The van der Waals surface area contributed by atoms with E-state index in [0.717, 1.165) is 31.9 Å². The van der Waals surface area contributed by atoms with Gasteiger partial charge in [-0.15, -0.1) is 0 Å². The number of rotatable bonds is 2. The van der Waals surface area contributed by atoms with E-state index in [0.29, 0.717) is 5.69 Å². The third kappa shape index (κ3) is 3.68. The zero-order chi connectivity index (χ0) is 15.8. The van der Waals surface area contributed by atoms with E-state index in [2.05, 4.69) is 30.6 Å². The Kier molecular flexibility index (Phi) is 4.22.